The van der Waals surface area contributed by atoms with Crippen LogP contribution in [0.1, 0.15) is 130 Å². The number of aliphatic hydroxyl groups excluding tert-OH is 2. The summed E-state index contributed by atoms with van der Waals surface area (Å²) in [7, 11) is -9.74. The summed E-state index contributed by atoms with van der Waals surface area (Å²) >= 11 is 0. The van der Waals surface area contributed by atoms with Crippen molar-refractivity contribution in [2.24, 2.45) is 0 Å². The highest BCUT2D eigenvalue weighted by molar-refractivity contribution is 7.81. The van der Waals surface area contributed by atoms with E-state index in [0.29, 0.717) is 69.8 Å². The summed E-state index contributed by atoms with van der Waals surface area (Å²) in [5.41, 5.74) is -5.00. The fraction of sp³-hybridized carbons (Fsp3) is 0.889. The molecular weight excluding hydrogens is 1080 g/mol. The topological polar surface area (TPSA) is 310 Å². The average molecular weight is 1160 g/mol. The minimum Gasteiger partial charge on any atom is -0.393 e. The second-order valence-corrected chi connectivity index (χ2v) is 27.5. The summed E-state index contributed by atoms with van der Waals surface area (Å²) in [6.07, 6.45) is 0.640. The second kappa shape index (κ2) is 22.0. The van der Waals surface area contributed by atoms with E-state index in [-0.39, 0.29) is 74.5 Å². The zero-order chi connectivity index (χ0) is 56.2. The fourth-order valence-corrected chi connectivity index (χ4v) is 16.1. The highest BCUT2D eigenvalue weighted by Gasteiger charge is 2.62. The normalized spacial score (nSPS) is 49.5. The molecule has 11 aliphatic heterocycles. The molecule has 0 radical (unpaired) electrons. The molecule has 0 aromatic rings. The largest absolute Gasteiger partial charge is 0.397 e. The Morgan fingerprint density at radius 3 is 1.80 bits per heavy atom. The van der Waals surface area contributed by atoms with Gasteiger partial charge in [-0.2, -0.15) is 16.8 Å². The highest BCUT2D eigenvalue weighted by Crippen LogP contribution is 2.52. The Morgan fingerprint density at radius 2 is 1.19 bits per heavy atom. The summed E-state index contributed by atoms with van der Waals surface area (Å²) in [6.45, 7) is 14.3. The molecule has 0 saturated carbocycles. The first-order valence-corrected chi connectivity index (χ1v) is 31.1. The molecule has 0 aliphatic carbocycles. The van der Waals surface area contributed by atoms with Gasteiger partial charge in [0.25, 0.3) is 0 Å². The fourth-order valence-electron chi connectivity index (χ4n) is 15.2. The number of hydrogen-bond donors (Lipinski definition) is 6. The first-order valence-electron chi connectivity index (χ1n) is 28.4. The van der Waals surface area contributed by atoms with Crippen LogP contribution in [0.3, 0.4) is 0 Å². The minimum atomic E-state index is -4.95. The molecule has 11 heterocycles. The van der Waals surface area contributed by atoms with Crippen LogP contribution in [-0.4, -0.2) is 216 Å². The van der Waals surface area contributed by atoms with Crippen molar-refractivity contribution in [3.05, 3.63) is 37.0 Å². The van der Waals surface area contributed by atoms with Gasteiger partial charge < -0.3 is 72.5 Å². The molecule has 11 fully saturated rings. The van der Waals surface area contributed by atoms with Crippen molar-refractivity contribution in [2.75, 3.05) is 13.2 Å². The number of aliphatic hydroxyl groups is 4. The summed E-state index contributed by atoms with van der Waals surface area (Å²) in [5.74, 6) is 0. The lowest BCUT2D eigenvalue weighted by molar-refractivity contribution is -0.344. The van der Waals surface area contributed by atoms with E-state index in [1.54, 1.807) is 13.0 Å². The van der Waals surface area contributed by atoms with Gasteiger partial charge in [0, 0.05) is 51.4 Å². The number of ether oxygens (including phenoxy) is 11. The molecule has 11 aliphatic rings. The summed E-state index contributed by atoms with van der Waals surface area (Å²) in [5, 5.41) is 44.1. The van der Waals surface area contributed by atoms with Crippen LogP contribution in [0.15, 0.2) is 37.0 Å². The molecule has 11 saturated heterocycles. The molecule has 0 aromatic carbocycles. The lowest BCUT2D eigenvalue weighted by Crippen LogP contribution is -2.69. The molecule has 25 heteroatoms. The van der Waals surface area contributed by atoms with E-state index in [4.69, 9.17) is 60.8 Å². The Kier molecular flexibility index (Phi) is 16.5. The first kappa shape index (κ1) is 59.1. The Morgan fingerprint density at radius 1 is 0.658 bits per heavy atom. The molecule has 26 unspecified atom stereocenters. The third-order valence-corrected chi connectivity index (χ3v) is 20.3. The third kappa shape index (κ3) is 12.2. The lowest BCUT2D eigenvalue weighted by atomic mass is 9.76. The van der Waals surface area contributed by atoms with Crippen molar-refractivity contribution in [3.8, 4) is 0 Å². The van der Waals surface area contributed by atoms with Gasteiger partial charge in [0.2, 0.25) is 0 Å². The van der Waals surface area contributed by atoms with Crippen molar-refractivity contribution in [1.29, 1.82) is 0 Å². The first-order chi connectivity index (χ1) is 37.1. The molecule has 26 atom stereocenters. The molecular formula is C54H82O23S2. The van der Waals surface area contributed by atoms with Gasteiger partial charge in [-0.3, -0.25) is 9.11 Å². The van der Waals surface area contributed by atoms with Crippen molar-refractivity contribution < 1.29 is 107 Å². The second-order valence-electron chi connectivity index (χ2n) is 25.4. The van der Waals surface area contributed by atoms with Gasteiger partial charge in [0.05, 0.1) is 133 Å². The smallest absolute Gasteiger partial charge is 0.393 e. The number of hydrogen-bond acceptors (Lipinski definition) is 21. The average Bonchev–Trinajstić information content (AvgIpc) is 3.79. The Bertz CT molecular complexity index is 2500. The van der Waals surface area contributed by atoms with E-state index >= 15 is 0 Å². The van der Waals surface area contributed by atoms with Gasteiger partial charge in [-0.25, -0.2) is 8.37 Å². The highest BCUT2D eigenvalue weighted by atomic mass is 32.3. The van der Waals surface area contributed by atoms with Gasteiger partial charge >= 0.3 is 20.8 Å². The standard InChI is InChI=1S/C54H82O23S2/c1-7-12-54(58,27-55)15-9-13-50(3,57)49-28(2)19-31-38(74-49)24-42-48(73-31)46(56)47-41(69-42)23-33-29(72-47)10-8-14-52(5)43(71-33)26-44-53(6,77-52)16-11-30-32(70-44)20-35-34(66-30)21-36-37(67-35)22-40-39(68-36)25-45(76-79(62,63)64)51(4,75-40)17-18-65-78(59,60)61/h7,9,15,29-49,55-58H,1-2,8,10-14,16-27H2,3-6H3,(H,59,60,61)(H,62,63,64)/b15-9+. The van der Waals surface area contributed by atoms with E-state index in [2.05, 4.69) is 31.2 Å². The molecule has 6 N–H and O–H groups in total. The minimum absolute atomic E-state index is 0.00323. The molecule has 23 nitrogen and oxygen atoms in total. The van der Waals surface area contributed by atoms with Gasteiger partial charge in [-0.15, -0.1) is 6.58 Å². The van der Waals surface area contributed by atoms with Crippen LogP contribution >= 0.6 is 0 Å². The van der Waals surface area contributed by atoms with E-state index < -0.39 is 141 Å². The molecule has 448 valence electrons. The summed E-state index contributed by atoms with van der Waals surface area (Å²) < 4.78 is 150. The Balaban J connectivity index is 0.725. The van der Waals surface area contributed by atoms with Gasteiger partial charge in [-0.1, -0.05) is 24.8 Å². The SMILES string of the molecule is C=CCC(O)(/C=C/CC(C)(O)C1OC2CC3OC4CC5OC6CC7OC8CC9OC%10CC%11OC(C)(CCOS(=O)(=O)O)C(OS(=O)(=O)O)CC%11OC%10CC9OC8CCC7(C)OC6(C)CCCC5OC4C(O)C3OC2CC1=C)CO. The van der Waals surface area contributed by atoms with Crippen LogP contribution in [0.5, 0.6) is 0 Å². The molecule has 79 heavy (non-hydrogen) atoms. The van der Waals surface area contributed by atoms with E-state index in [1.807, 2.05) is 0 Å². The van der Waals surface area contributed by atoms with Crippen molar-refractivity contribution in [1.82, 2.24) is 0 Å². The Labute approximate surface area is 462 Å². The van der Waals surface area contributed by atoms with Gasteiger partial charge in [0.15, 0.2) is 0 Å². The third-order valence-electron chi connectivity index (χ3n) is 19.4. The van der Waals surface area contributed by atoms with Crippen molar-refractivity contribution in [2.45, 2.75) is 287 Å². The van der Waals surface area contributed by atoms with Crippen molar-refractivity contribution >= 4 is 20.8 Å². The van der Waals surface area contributed by atoms with E-state index in [0.717, 1.165) is 12.8 Å². The Hall–Kier alpha value is -1.64. The maximum atomic E-state index is 12.0. The van der Waals surface area contributed by atoms with Gasteiger partial charge in [-0.05, 0) is 84.6 Å². The zero-order valence-electron chi connectivity index (χ0n) is 45.4. The monoisotopic (exact) mass is 1160 g/mol. The maximum absolute atomic E-state index is 12.0. The quantitative estimate of drug-likeness (QED) is 0.114. The molecule has 0 aromatic heterocycles. The molecule has 11 rings (SSSR count). The van der Waals surface area contributed by atoms with Crippen LogP contribution in [0.4, 0.5) is 0 Å². The van der Waals surface area contributed by atoms with E-state index in [1.165, 1.54) is 19.1 Å². The van der Waals surface area contributed by atoms with Crippen LogP contribution in [0.25, 0.3) is 0 Å². The van der Waals surface area contributed by atoms with Crippen LogP contribution in [0, 0.1) is 0 Å². The van der Waals surface area contributed by atoms with E-state index in [9.17, 15) is 41.8 Å². The zero-order valence-corrected chi connectivity index (χ0v) is 47.1. The van der Waals surface area contributed by atoms with Crippen molar-refractivity contribution in [3.63, 3.8) is 0 Å². The lowest BCUT2D eigenvalue weighted by Gasteiger charge is -2.57. The van der Waals surface area contributed by atoms with Crippen LogP contribution in [0.2, 0.25) is 0 Å². The number of rotatable bonds is 13. The maximum Gasteiger partial charge on any atom is 0.397 e. The molecule has 0 amide bonds. The van der Waals surface area contributed by atoms with Crippen LogP contribution < -0.4 is 0 Å². The molecule has 0 spiro atoms. The summed E-state index contributed by atoms with van der Waals surface area (Å²) in [6, 6.07) is 0. The van der Waals surface area contributed by atoms with Crippen LogP contribution in [-0.2, 0) is 81.3 Å². The van der Waals surface area contributed by atoms with Gasteiger partial charge in [0.1, 0.15) is 36.1 Å². The predicted molar refractivity (Wildman–Crippen MR) is 274 cm³/mol. The predicted octanol–water partition coefficient (Wildman–Crippen LogP) is 2.98. The summed E-state index contributed by atoms with van der Waals surface area (Å²) in [4.78, 5) is 0. The molecule has 0 bridgehead atoms. The number of fused-ring (bicyclic) bond motifs is 10.